The molecule has 0 aliphatic heterocycles. The van der Waals surface area contributed by atoms with Gasteiger partial charge < -0.3 is 4.84 Å². The molecule has 0 radical (unpaired) electrons. The Hall–Kier alpha value is -3.53. The molecule has 2 aromatic carbocycles. The van der Waals surface area contributed by atoms with E-state index in [-0.39, 0.29) is 12.2 Å². The highest BCUT2D eigenvalue weighted by atomic mass is 19.1. The zero-order chi connectivity index (χ0) is 20.1. The summed E-state index contributed by atoms with van der Waals surface area (Å²) in [4.78, 5) is 9.29. The molecule has 1 heterocycles. The average molecular weight is 392 g/mol. The van der Waals surface area contributed by atoms with Crippen LogP contribution in [0.2, 0.25) is 0 Å². The van der Waals surface area contributed by atoms with Crippen molar-refractivity contribution in [3.8, 4) is 11.8 Å². The molecule has 1 aliphatic carbocycles. The summed E-state index contributed by atoms with van der Waals surface area (Å²) in [6.07, 6.45) is 5.38. The van der Waals surface area contributed by atoms with Crippen LogP contribution in [0, 0.1) is 29.4 Å². The Labute approximate surface area is 167 Å². The highest BCUT2D eigenvalue weighted by molar-refractivity contribution is 6.00. The molecule has 29 heavy (non-hydrogen) atoms. The Morgan fingerprint density at radius 1 is 1.17 bits per heavy atom. The van der Waals surface area contributed by atoms with Crippen LogP contribution in [0.5, 0.6) is 0 Å². The van der Waals surface area contributed by atoms with Gasteiger partial charge in [-0.3, -0.25) is 0 Å². The van der Waals surface area contributed by atoms with Crippen LogP contribution in [0.3, 0.4) is 0 Å². The van der Waals surface area contributed by atoms with Crippen molar-refractivity contribution in [1.29, 1.82) is 0 Å². The Balaban J connectivity index is 1.51. The van der Waals surface area contributed by atoms with Crippen LogP contribution in [0.1, 0.15) is 29.5 Å². The van der Waals surface area contributed by atoms with Crippen molar-refractivity contribution < 1.29 is 13.6 Å². The number of hydrogen-bond acceptors (Lipinski definition) is 4. The van der Waals surface area contributed by atoms with E-state index in [4.69, 9.17) is 4.84 Å². The fourth-order valence-electron chi connectivity index (χ4n) is 2.62. The fraction of sp³-hybridized carbons (Fsp3) is 0.227. The van der Waals surface area contributed by atoms with Crippen molar-refractivity contribution in [1.82, 2.24) is 14.8 Å². The Morgan fingerprint density at radius 3 is 2.69 bits per heavy atom. The van der Waals surface area contributed by atoms with Gasteiger partial charge in [0.25, 0.3) is 0 Å². The van der Waals surface area contributed by atoms with E-state index in [1.54, 1.807) is 11.0 Å². The summed E-state index contributed by atoms with van der Waals surface area (Å²) in [5.41, 5.74) is 2.59. The minimum Gasteiger partial charge on any atom is -0.391 e. The summed E-state index contributed by atoms with van der Waals surface area (Å²) in [6, 6.07) is 11.0. The van der Waals surface area contributed by atoms with Crippen LogP contribution >= 0.6 is 0 Å². The first kappa shape index (κ1) is 18.8. The van der Waals surface area contributed by atoms with Gasteiger partial charge in [-0.05, 0) is 37.1 Å². The zero-order valence-electron chi connectivity index (χ0n) is 15.6. The van der Waals surface area contributed by atoms with E-state index >= 15 is 0 Å². The smallest absolute Gasteiger partial charge is 0.145 e. The third kappa shape index (κ3) is 5.26. The quantitative estimate of drug-likeness (QED) is 0.363. The summed E-state index contributed by atoms with van der Waals surface area (Å²) < 4.78 is 28.4. The second-order valence-corrected chi connectivity index (χ2v) is 6.76. The lowest BCUT2D eigenvalue weighted by Crippen LogP contribution is -2.13. The van der Waals surface area contributed by atoms with Gasteiger partial charge in [0.1, 0.15) is 36.6 Å². The van der Waals surface area contributed by atoms with E-state index in [1.165, 1.54) is 31.3 Å². The van der Waals surface area contributed by atoms with Gasteiger partial charge in [0.15, 0.2) is 0 Å². The first-order valence-corrected chi connectivity index (χ1v) is 9.24. The van der Waals surface area contributed by atoms with Crippen LogP contribution in [0.25, 0.3) is 0 Å². The van der Waals surface area contributed by atoms with Crippen molar-refractivity contribution in [2.75, 3.05) is 0 Å². The first-order valence-electron chi connectivity index (χ1n) is 9.24. The largest absolute Gasteiger partial charge is 0.391 e. The number of hydrogen-bond donors (Lipinski definition) is 0. The molecule has 0 atom stereocenters. The van der Waals surface area contributed by atoms with Gasteiger partial charge in [-0.15, -0.1) is 0 Å². The molecule has 1 aromatic heterocycles. The summed E-state index contributed by atoms with van der Waals surface area (Å²) in [7, 11) is 0. The molecule has 3 aromatic rings. The minimum absolute atomic E-state index is 0.113. The molecule has 7 heteroatoms. The molecular formula is C22H18F2N4O. The highest BCUT2D eigenvalue weighted by Crippen LogP contribution is 2.27. The van der Waals surface area contributed by atoms with E-state index in [2.05, 4.69) is 27.1 Å². The monoisotopic (exact) mass is 392 g/mol. The van der Waals surface area contributed by atoms with E-state index in [0.717, 1.165) is 17.2 Å². The number of rotatable bonds is 6. The predicted octanol–water partition coefficient (Wildman–Crippen LogP) is 3.94. The number of oxime groups is 1. The van der Waals surface area contributed by atoms with E-state index in [0.29, 0.717) is 18.2 Å². The zero-order valence-corrected chi connectivity index (χ0v) is 15.6. The Bertz CT molecular complexity index is 1060. The Kier molecular flexibility index (Phi) is 5.61. The van der Waals surface area contributed by atoms with Crippen LogP contribution in [0.15, 0.2) is 60.3 Å². The van der Waals surface area contributed by atoms with Crippen molar-refractivity contribution in [3.63, 3.8) is 0 Å². The lowest BCUT2D eigenvalue weighted by Gasteiger charge is -2.08. The van der Waals surface area contributed by atoms with Gasteiger partial charge in [0.2, 0.25) is 0 Å². The molecule has 4 rings (SSSR count). The average Bonchev–Trinajstić information content (AvgIpc) is 3.41. The molecular weight excluding hydrogens is 374 g/mol. The third-order valence-corrected chi connectivity index (χ3v) is 4.40. The van der Waals surface area contributed by atoms with E-state index in [9.17, 15) is 8.78 Å². The third-order valence-electron chi connectivity index (χ3n) is 4.40. The molecule has 5 nitrogen and oxygen atoms in total. The number of halogens is 2. The van der Waals surface area contributed by atoms with Gasteiger partial charge in [-0.25, -0.2) is 18.4 Å². The number of benzene rings is 2. The normalized spacial score (nSPS) is 13.7. The van der Waals surface area contributed by atoms with Gasteiger partial charge in [-0.2, -0.15) is 5.10 Å². The first-order chi connectivity index (χ1) is 14.2. The maximum absolute atomic E-state index is 13.8. The second kappa shape index (κ2) is 8.65. The van der Waals surface area contributed by atoms with Gasteiger partial charge in [0.05, 0.1) is 6.54 Å². The minimum atomic E-state index is -0.670. The molecule has 1 fully saturated rings. The van der Waals surface area contributed by atoms with E-state index < -0.39 is 11.6 Å². The number of nitrogens with zero attached hydrogens (tertiary/aromatic N) is 4. The predicted molar refractivity (Wildman–Crippen MR) is 104 cm³/mol. The molecule has 0 spiro atoms. The Morgan fingerprint density at radius 2 is 2.00 bits per heavy atom. The lowest BCUT2D eigenvalue weighted by atomic mass is 10.1. The maximum atomic E-state index is 13.8. The van der Waals surface area contributed by atoms with Gasteiger partial charge in [0, 0.05) is 28.7 Å². The summed E-state index contributed by atoms with van der Waals surface area (Å²) in [5, 5.41) is 8.26. The topological polar surface area (TPSA) is 52.3 Å². The van der Waals surface area contributed by atoms with Crippen LogP contribution in [0.4, 0.5) is 8.78 Å². The molecule has 0 N–H and O–H groups in total. The SMILES string of the molecule is Fc1ccc(CO/N=C(\Cn2cncn2)c2ccc(C#CC3CC3)cc2)c(F)c1. The van der Waals surface area contributed by atoms with Crippen molar-refractivity contribution >= 4 is 5.71 Å². The van der Waals surface area contributed by atoms with Crippen molar-refractivity contribution in [2.45, 2.75) is 26.0 Å². The van der Waals surface area contributed by atoms with Crippen LogP contribution < -0.4 is 0 Å². The molecule has 0 saturated heterocycles. The maximum Gasteiger partial charge on any atom is 0.145 e. The molecule has 146 valence electrons. The fourth-order valence-corrected chi connectivity index (χ4v) is 2.62. The second-order valence-electron chi connectivity index (χ2n) is 6.76. The van der Waals surface area contributed by atoms with Crippen molar-refractivity contribution in [3.05, 3.63) is 83.4 Å². The summed E-state index contributed by atoms with van der Waals surface area (Å²) in [6.45, 7) is 0.219. The summed E-state index contributed by atoms with van der Waals surface area (Å²) >= 11 is 0. The molecule has 0 unspecified atom stereocenters. The standard InChI is InChI=1S/C22H18F2N4O/c23-20-10-9-19(21(24)11-20)13-29-27-22(12-28-15-25-14-26-28)18-7-5-17(6-8-18)4-3-16-1-2-16/h5-11,14-16H,1-2,12-13H2/b27-22+. The molecule has 0 amide bonds. The summed E-state index contributed by atoms with van der Waals surface area (Å²) in [5.74, 6) is 5.64. The van der Waals surface area contributed by atoms with Gasteiger partial charge >= 0.3 is 0 Å². The molecule has 0 bridgehead atoms. The van der Waals surface area contributed by atoms with Crippen LogP contribution in [-0.4, -0.2) is 20.5 Å². The number of aromatic nitrogens is 3. The van der Waals surface area contributed by atoms with Gasteiger partial charge in [-0.1, -0.05) is 29.1 Å². The van der Waals surface area contributed by atoms with Crippen molar-refractivity contribution in [2.24, 2.45) is 11.1 Å². The highest BCUT2D eigenvalue weighted by Gasteiger charge is 2.17. The van der Waals surface area contributed by atoms with Crippen LogP contribution in [-0.2, 0) is 18.0 Å². The lowest BCUT2D eigenvalue weighted by molar-refractivity contribution is 0.127. The molecule has 1 saturated carbocycles. The van der Waals surface area contributed by atoms with E-state index in [1.807, 2.05) is 24.3 Å². The molecule has 1 aliphatic rings.